The molecule has 2 aromatic rings. The van der Waals surface area contributed by atoms with Crippen molar-refractivity contribution in [3.05, 3.63) is 42.5 Å². The number of hydrogen-bond donors (Lipinski definition) is 0. The second-order valence-electron chi connectivity index (χ2n) is 4.27. The Hall–Kier alpha value is -2.38. The van der Waals surface area contributed by atoms with Crippen LogP contribution in [0, 0.1) is 0 Å². The van der Waals surface area contributed by atoms with E-state index in [0.29, 0.717) is 16.9 Å². The van der Waals surface area contributed by atoms with Gasteiger partial charge < -0.3 is 4.90 Å². The quantitative estimate of drug-likeness (QED) is 0.871. The average molecular weight is 298 g/mol. The van der Waals surface area contributed by atoms with E-state index < -0.39 is 18.6 Å². The number of hydrogen-bond acceptors (Lipinski definition) is 3. The molecule has 0 fully saturated rings. The zero-order chi connectivity index (χ0) is 15.5. The number of pyridine rings is 1. The highest BCUT2D eigenvalue weighted by Gasteiger charge is 2.29. The molecule has 2 heterocycles. The molecule has 0 saturated heterocycles. The molecule has 0 radical (unpaired) electrons. The van der Waals surface area contributed by atoms with Gasteiger partial charge in [-0.25, -0.2) is 0 Å². The molecule has 21 heavy (non-hydrogen) atoms. The summed E-state index contributed by atoms with van der Waals surface area (Å²) in [5.41, 5.74) is 0.584. The van der Waals surface area contributed by atoms with Crippen molar-refractivity contribution in [2.24, 2.45) is 0 Å². The fraction of sp³-hybridized carbons (Fsp3) is 0.308. The lowest BCUT2D eigenvalue weighted by Crippen LogP contribution is -2.31. The molecule has 112 valence electrons. The molecule has 2 aromatic heterocycles. The summed E-state index contributed by atoms with van der Waals surface area (Å²) < 4.78 is 37.5. The number of nitrogens with zero attached hydrogens (tertiary/aromatic N) is 4. The second-order valence-corrected chi connectivity index (χ2v) is 4.27. The van der Waals surface area contributed by atoms with E-state index in [9.17, 15) is 18.0 Å². The lowest BCUT2D eigenvalue weighted by Gasteiger charge is -2.19. The van der Waals surface area contributed by atoms with Gasteiger partial charge in [-0.1, -0.05) is 0 Å². The monoisotopic (exact) mass is 298 g/mol. The van der Waals surface area contributed by atoms with Crippen LogP contribution in [0.25, 0.3) is 0 Å². The Kier molecular flexibility index (Phi) is 4.25. The van der Waals surface area contributed by atoms with Gasteiger partial charge in [-0.3, -0.25) is 14.5 Å². The van der Waals surface area contributed by atoms with Crippen LogP contribution in [0.15, 0.2) is 36.8 Å². The molecule has 0 N–H and O–H groups in total. The number of alkyl halides is 3. The highest BCUT2D eigenvalue weighted by molar-refractivity contribution is 6.04. The maximum atomic E-state index is 12.3. The third kappa shape index (κ3) is 3.80. The Morgan fingerprint density at radius 3 is 2.52 bits per heavy atom. The minimum Gasteiger partial charge on any atom is -0.307 e. The fourth-order valence-electron chi connectivity index (χ4n) is 1.85. The lowest BCUT2D eigenvalue weighted by molar-refractivity contribution is -0.142. The van der Waals surface area contributed by atoms with E-state index in [1.165, 1.54) is 23.4 Å². The van der Waals surface area contributed by atoms with Crippen LogP contribution in [0.4, 0.5) is 18.9 Å². The van der Waals surface area contributed by atoms with Gasteiger partial charge in [0.2, 0.25) is 0 Å². The van der Waals surface area contributed by atoms with Crippen LogP contribution in [0.2, 0.25) is 0 Å². The number of carbonyl (C=O) groups is 1. The standard InChI is InChI=1S/C13H13F3N4O/c1-2-20(10-3-6-17-7-4-10)12(21)11-5-8-19(18-11)9-13(14,15)16/h3-8H,2,9H2,1H3. The van der Waals surface area contributed by atoms with Crippen molar-refractivity contribution >= 4 is 11.6 Å². The first-order chi connectivity index (χ1) is 9.90. The van der Waals surface area contributed by atoms with Crippen LogP contribution < -0.4 is 4.90 Å². The van der Waals surface area contributed by atoms with Gasteiger partial charge >= 0.3 is 6.18 Å². The molecule has 0 unspecified atom stereocenters. The van der Waals surface area contributed by atoms with E-state index in [0.717, 1.165) is 6.20 Å². The molecule has 5 nitrogen and oxygen atoms in total. The van der Waals surface area contributed by atoms with Crippen LogP contribution in [0.5, 0.6) is 0 Å². The van der Waals surface area contributed by atoms with Crippen LogP contribution >= 0.6 is 0 Å². The Labute approximate surface area is 119 Å². The SMILES string of the molecule is CCN(C(=O)c1ccn(CC(F)(F)F)n1)c1ccncc1. The number of aromatic nitrogens is 3. The molecular formula is C13H13F3N4O. The fourth-order valence-corrected chi connectivity index (χ4v) is 1.85. The number of amides is 1. The van der Waals surface area contributed by atoms with Crippen LogP contribution in [-0.4, -0.2) is 33.4 Å². The first-order valence-corrected chi connectivity index (χ1v) is 6.23. The largest absolute Gasteiger partial charge is 0.408 e. The number of rotatable bonds is 4. The first kappa shape index (κ1) is 15.0. The van der Waals surface area contributed by atoms with E-state index in [1.54, 1.807) is 19.1 Å². The Bertz CT molecular complexity index is 609. The number of halogens is 3. The summed E-state index contributed by atoms with van der Waals surface area (Å²) in [6.45, 7) is 0.918. The zero-order valence-corrected chi connectivity index (χ0v) is 11.2. The van der Waals surface area contributed by atoms with Crippen LogP contribution in [-0.2, 0) is 6.54 Å². The van der Waals surface area contributed by atoms with Gasteiger partial charge in [0.05, 0.1) is 0 Å². The van der Waals surface area contributed by atoms with Crippen molar-refractivity contribution in [2.45, 2.75) is 19.6 Å². The van der Waals surface area contributed by atoms with Gasteiger partial charge in [0.25, 0.3) is 5.91 Å². The van der Waals surface area contributed by atoms with Crippen molar-refractivity contribution in [2.75, 3.05) is 11.4 Å². The summed E-state index contributed by atoms with van der Waals surface area (Å²) in [4.78, 5) is 17.6. The molecular weight excluding hydrogens is 285 g/mol. The Morgan fingerprint density at radius 1 is 1.29 bits per heavy atom. The Morgan fingerprint density at radius 2 is 1.95 bits per heavy atom. The van der Waals surface area contributed by atoms with Crippen molar-refractivity contribution in [1.29, 1.82) is 0 Å². The summed E-state index contributed by atoms with van der Waals surface area (Å²) in [5.74, 6) is -0.454. The van der Waals surface area contributed by atoms with Gasteiger partial charge in [0.1, 0.15) is 6.54 Å². The van der Waals surface area contributed by atoms with E-state index in [1.807, 2.05) is 0 Å². The maximum Gasteiger partial charge on any atom is 0.408 e. The van der Waals surface area contributed by atoms with E-state index >= 15 is 0 Å². The number of carbonyl (C=O) groups excluding carboxylic acids is 1. The van der Waals surface area contributed by atoms with Crippen molar-refractivity contribution in [3.63, 3.8) is 0 Å². The van der Waals surface area contributed by atoms with Crippen molar-refractivity contribution in [3.8, 4) is 0 Å². The summed E-state index contributed by atoms with van der Waals surface area (Å²) in [6.07, 6.45) is -0.163. The highest BCUT2D eigenvalue weighted by Crippen LogP contribution is 2.18. The van der Waals surface area contributed by atoms with Gasteiger partial charge in [-0.15, -0.1) is 0 Å². The van der Waals surface area contributed by atoms with E-state index in [4.69, 9.17) is 0 Å². The molecule has 0 aliphatic heterocycles. The predicted octanol–water partition coefficient (Wildman–Crippen LogP) is 2.51. The zero-order valence-electron chi connectivity index (χ0n) is 11.2. The minimum atomic E-state index is -4.37. The molecule has 0 spiro atoms. The average Bonchev–Trinajstić information content (AvgIpc) is 2.87. The molecule has 0 saturated carbocycles. The third-order valence-electron chi connectivity index (χ3n) is 2.74. The summed E-state index contributed by atoms with van der Waals surface area (Å²) in [5, 5.41) is 3.68. The molecule has 1 amide bonds. The normalized spacial score (nSPS) is 11.4. The number of anilines is 1. The molecule has 0 atom stereocenters. The Balaban J connectivity index is 2.19. The third-order valence-corrected chi connectivity index (χ3v) is 2.74. The van der Waals surface area contributed by atoms with Gasteiger partial charge in [-0.05, 0) is 25.1 Å². The lowest BCUT2D eigenvalue weighted by atomic mass is 10.3. The van der Waals surface area contributed by atoms with Gasteiger partial charge in [-0.2, -0.15) is 18.3 Å². The van der Waals surface area contributed by atoms with Crippen LogP contribution in [0.3, 0.4) is 0 Å². The smallest absolute Gasteiger partial charge is 0.307 e. The molecule has 0 bridgehead atoms. The summed E-state index contributed by atoms with van der Waals surface area (Å²) >= 11 is 0. The van der Waals surface area contributed by atoms with Crippen LogP contribution in [0.1, 0.15) is 17.4 Å². The predicted molar refractivity (Wildman–Crippen MR) is 69.9 cm³/mol. The summed E-state index contributed by atoms with van der Waals surface area (Å²) in [6, 6.07) is 4.57. The molecule has 2 rings (SSSR count). The molecule has 0 aliphatic carbocycles. The molecule has 0 aromatic carbocycles. The van der Waals surface area contributed by atoms with Gasteiger partial charge in [0, 0.05) is 30.8 Å². The minimum absolute atomic E-state index is 0.0297. The first-order valence-electron chi connectivity index (χ1n) is 6.23. The van der Waals surface area contributed by atoms with E-state index in [2.05, 4.69) is 10.1 Å². The molecule has 0 aliphatic rings. The van der Waals surface area contributed by atoms with E-state index in [-0.39, 0.29) is 5.69 Å². The topological polar surface area (TPSA) is 51.0 Å². The van der Waals surface area contributed by atoms with Crippen molar-refractivity contribution in [1.82, 2.24) is 14.8 Å². The van der Waals surface area contributed by atoms with Crippen molar-refractivity contribution < 1.29 is 18.0 Å². The highest BCUT2D eigenvalue weighted by atomic mass is 19.4. The molecule has 8 heteroatoms. The van der Waals surface area contributed by atoms with Gasteiger partial charge in [0.15, 0.2) is 5.69 Å². The summed E-state index contributed by atoms with van der Waals surface area (Å²) in [7, 11) is 0. The second kappa shape index (κ2) is 5.94. The maximum absolute atomic E-state index is 12.3.